The minimum absolute atomic E-state index is 0.0853. The van der Waals surface area contributed by atoms with E-state index < -0.39 is 48.9 Å². The number of nitro benzene ring substituents is 1. The van der Waals surface area contributed by atoms with Gasteiger partial charge in [0.1, 0.15) is 16.5 Å². The van der Waals surface area contributed by atoms with Crippen LogP contribution in [0.3, 0.4) is 0 Å². The lowest BCUT2D eigenvalue weighted by Gasteiger charge is -2.11. The lowest BCUT2D eigenvalue weighted by Crippen LogP contribution is -2.14. The summed E-state index contributed by atoms with van der Waals surface area (Å²) in [5.74, 6) is -2.11. The molecule has 0 aliphatic heterocycles. The molecular weight excluding hydrogens is 358 g/mol. The maximum absolute atomic E-state index is 13.2. The normalized spacial score (nSPS) is 12.0. The Morgan fingerprint density at radius 3 is 2.33 bits per heavy atom. The summed E-state index contributed by atoms with van der Waals surface area (Å²) >= 11 is 0. The molecule has 0 aliphatic rings. The summed E-state index contributed by atoms with van der Waals surface area (Å²) in [4.78, 5) is 8.87. The van der Waals surface area contributed by atoms with Gasteiger partial charge in [-0.2, -0.15) is 21.6 Å². The van der Waals surface area contributed by atoms with Crippen LogP contribution in [0.4, 0.5) is 23.2 Å². The third-order valence-corrected chi connectivity index (χ3v) is 4.01. The Bertz CT molecular complexity index is 895. The largest absolute Gasteiger partial charge is 0.419 e. The Labute approximate surface area is 132 Å². The van der Waals surface area contributed by atoms with Gasteiger partial charge < -0.3 is 4.18 Å². The highest BCUT2D eigenvalue weighted by Gasteiger charge is 2.35. The fourth-order valence-corrected chi connectivity index (χ4v) is 2.65. The molecule has 11 heteroatoms. The van der Waals surface area contributed by atoms with E-state index in [9.17, 15) is 36.1 Å². The van der Waals surface area contributed by atoms with Gasteiger partial charge in [-0.15, -0.1) is 0 Å². The van der Waals surface area contributed by atoms with Crippen LogP contribution in [0.1, 0.15) is 5.56 Å². The number of non-ortho nitro benzene ring substituents is 1. The minimum Gasteiger partial charge on any atom is -0.379 e. The summed E-state index contributed by atoms with van der Waals surface area (Å²) in [7, 11) is -4.74. The summed E-state index contributed by atoms with van der Waals surface area (Å²) in [6.45, 7) is 0. The zero-order valence-corrected chi connectivity index (χ0v) is 12.3. The second kappa shape index (κ2) is 6.07. The predicted molar refractivity (Wildman–Crippen MR) is 72.3 cm³/mol. The Morgan fingerprint density at radius 2 is 1.75 bits per heavy atom. The number of halogens is 4. The Balaban J connectivity index is 2.41. The van der Waals surface area contributed by atoms with Crippen molar-refractivity contribution < 1.29 is 35.1 Å². The maximum atomic E-state index is 13.2. The second-order valence-electron chi connectivity index (χ2n) is 4.43. The third-order valence-electron chi connectivity index (χ3n) is 2.77. The van der Waals surface area contributed by atoms with E-state index in [0.29, 0.717) is 12.1 Å². The van der Waals surface area contributed by atoms with Crippen LogP contribution in [0, 0.1) is 15.9 Å². The summed E-state index contributed by atoms with van der Waals surface area (Å²) in [5.41, 5.74) is -2.25. The molecule has 0 amide bonds. The van der Waals surface area contributed by atoms with Crippen molar-refractivity contribution in [3.63, 3.8) is 0 Å². The number of alkyl halides is 3. The molecule has 0 spiro atoms. The fraction of sp³-hybridized carbons (Fsp3) is 0.0769. The SMILES string of the molecule is O=[N+]([O-])c1cccc(OS(=O)(=O)c2ccc(F)c(C(F)(F)F)c2)c1. The first-order valence-electron chi connectivity index (χ1n) is 6.06. The first kappa shape index (κ1) is 17.7. The third kappa shape index (κ3) is 3.79. The van der Waals surface area contributed by atoms with E-state index in [0.717, 1.165) is 24.3 Å². The van der Waals surface area contributed by atoms with Crippen molar-refractivity contribution in [2.45, 2.75) is 11.1 Å². The number of nitro groups is 1. The Morgan fingerprint density at radius 1 is 1.08 bits per heavy atom. The monoisotopic (exact) mass is 365 g/mol. The van der Waals surface area contributed by atoms with Crippen LogP contribution in [-0.4, -0.2) is 13.3 Å². The van der Waals surface area contributed by atoms with E-state index in [1.54, 1.807) is 0 Å². The number of hydrogen-bond acceptors (Lipinski definition) is 5. The summed E-state index contributed by atoms with van der Waals surface area (Å²) < 4.78 is 79.6. The van der Waals surface area contributed by atoms with Crippen molar-refractivity contribution in [3.8, 4) is 5.75 Å². The van der Waals surface area contributed by atoms with Gasteiger partial charge in [-0.05, 0) is 24.3 Å². The van der Waals surface area contributed by atoms with Gasteiger partial charge in [0.15, 0.2) is 0 Å². The van der Waals surface area contributed by atoms with Crippen LogP contribution in [0.15, 0.2) is 47.4 Å². The standard InChI is InChI=1S/C13H7F4NO5S/c14-12-5-4-10(7-11(12)13(15,16)17)24(21,22)23-9-3-1-2-8(6-9)18(19)20/h1-7H. The number of nitrogens with zero attached hydrogens (tertiary/aromatic N) is 1. The van der Waals surface area contributed by atoms with Gasteiger partial charge in [0, 0.05) is 6.07 Å². The molecule has 0 saturated heterocycles. The molecule has 0 N–H and O–H groups in total. The molecule has 128 valence electrons. The van der Waals surface area contributed by atoms with Gasteiger partial charge in [0.2, 0.25) is 0 Å². The first-order chi connectivity index (χ1) is 11.0. The number of benzene rings is 2. The zero-order valence-electron chi connectivity index (χ0n) is 11.5. The van der Waals surface area contributed by atoms with Crippen molar-refractivity contribution in [1.29, 1.82) is 0 Å². The quantitative estimate of drug-likeness (QED) is 0.358. The van der Waals surface area contributed by atoms with Crippen LogP contribution >= 0.6 is 0 Å². The van der Waals surface area contributed by atoms with Crippen molar-refractivity contribution in [3.05, 3.63) is 64.0 Å². The maximum Gasteiger partial charge on any atom is 0.419 e. The molecule has 0 bridgehead atoms. The van der Waals surface area contributed by atoms with Crippen molar-refractivity contribution in [2.24, 2.45) is 0 Å². The van der Waals surface area contributed by atoms with Crippen molar-refractivity contribution >= 4 is 15.8 Å². The molecule has 0 saturated carbocycles. The number of rotatable bonds is 4. The Kier molecular flexibility index (Phi) is 4.47. The van der Waals surface area contributed by atoms with E-state index in [4.69, 9.17) is 0 Å². The van der Waals surface area contributed by atoms with Crippen LogP contribution < -0.4 is 4.18 Å². The molecule has 2 rings (SSSR count). The molecule has 0 fully saturated rings. The van der Waals surface area contributed by atoms with E-state index in [2.05, 4.69) is 4.18 Å². The van der Waals surface area contributed by atoms with Crippen LogP contribution in [0.5, 0.6) is 5.75 Å². The molecule has 6 nitrogen and oxygen atoms in total. The minimum atomic E-state index is -5.10. The van der Waals surface area contributed by atoms with Gasteiger partial charge in [0.25, 0.3) is 5.69 Å². The molecule has 2 aromatic rings. The molecule has 0 aromatic heterocycles. The van der Waals surface area contributed by atoms with Crippen LogP contribution in [0.2, 0.25) is 0 Å². The first-order valence-corrected chi connectivity index (χ1v) is 7.47. The highest BCUT2D eigenvalue weighted by Crippen LogP contribution is 2.33. The molecule has 0 heterocycles. The van der Waals surface area contributed by atoms with Gasteiger partial charge in [-0.1, -0.05) is 6.07 Å². The molecule has 0 radical (unpaired) electrons. The highest BCUT2D eigenvalue weighted by molar-refractivity contribution is 7.87. The molecule has 0 aliphatic carbocycles. The lowest BCUT2D eigenvalue weighted by atomic mass is 10.2. The van der Waals surface area contributed by atoms with Gasteiger partial charge in [-0.3, -0.25) is 10.1 Å². The summed E-state index contributed by atoms with van der Waals surface area (Å²) in [6.07, 6.45) is -5.10. The van der Waals surface area contributed by atoms with E-state index in [1.807, 2.05) is 0 Å². The predicted octanol–water partition coefficient (Wildman–Crippen LogP) is 3.52. The average Bonchev–Trinajstić information content (AvgIpc) is 2.46. The molecule has 24 heavy (non-hydrogen) atoms. The topological polar surface area (TPSA) is 86.5 Å². The van der Waals surface area contributed by atoms with E-state index >= 15 is 0 Å². The number of hydrogen-bond donors (Lipinski definition) is 0. The van der Waals surface area contributed by atoms with E-state index in [-0.39, 0.29) is 6.07 Å². The Hall–Kier alpha value is -2.69. The van der Waals surface area contributed by atoms with Crippen LogP contribution in [0.25, 0.3) is 0 Å². The van der Waals surface area contributed by atoms with Crippen molar-refractivity contribution in [1.82, 2.24) is 0 Å². The zero-order chi connectivity index (χ0) is 18.1. The highest BCUT2D eigenvalue weighted by atomic mass is 32.2. The second-order valence-corrected chi connectivity index (χ2v) is 5.98. The molecule has 0 unspecified atom stereocenters. The fourth-order valence-electron chi connectivity index (χ4n) is 1.70. The van der Waals surface area contributed by atoms with Gasteiger partial charge in [0.05, 0.1) is 16.6 Å². The van der Waals surface area contributed by atoms with Crippen molar-refractivity contribution in [2.75, 3.05) is 0 Å². The summed E-state index contributed by atoms with van der Waals surface area (Å²) in [5, 5.41) is 10.6. The smallest absolute Gasteiger partial charge is 0.379 e. The van der Waals surface area contributed by atoms with Gasteiger partial charge in [-0.25, -0.2) is 4.39 Å². The molecular formula is C13H7F4NO5S. The molecule has 2 aromatic carbocycles. The molecule has 0 atom stereocenters. The lowest BCUT2D eigenvalue weighted by molar-refractivity contribution is -0.384. The summed E-state index contributed by atoms with van der Waals surface area (Å²) in [6, 6.07) is 5.07. The van der Waals surface area contributed by atoms with Crippen LogP contribution in [-0.2, 0) is 16.3 Å². The average molecular weight is 365 g/mol. The van der Waals surface area contributed by atoms with E-state index in [1.165, 1.54) is 0 Å². The van der Waals surface area contributed by atoms with Gasteiger partial charge >= 0.3 is 16.3 Å².